The number of rotatable bonds is 8. The third kappa shape index (κ3) is 5.66. The van der Waals surface area contributed by atoms with Crippen molar-refractivity contribution < 1.29 is 9.90 Å². The number of thioether (sulfide) groups is 1. The molecule has 1 aromatic carbocycles. The van der Waals surface area contributed by atoms with Crippen LogP contribution in [0.1, 0.15) is 35.2 Å². The Hall–Kier alpha value is -1.00. The van der Waals surface area contributed by atoms with E-state index < -0.39 is 0 Å². The Morgan fingerprint density at radius 1 is 1.32 bits per heavy atom. The van der Waals surface area contributed by atoms with E-state index >= 15 is 0 Å². The van der Waals surface area contributed by atoms with Gasteiger partial charge in [-0.2, -0.15) is 11.8 Å². The van der Waals surface area contributed by atoms with Crippen molar-refractivity contribution in [1.82, 2.24) is 4.90 Å². The summed E-state index contributed by atoms with van der Waals surface area (Å²) >= 11 is 1.75. The number of benzene rings is 1. The molecule has 1 rings (SSSR count). The average molecular weight is 281 g/mol. The van der Waals surface area contributed by atoms with E-state index in [2.05, 4.69) is 12.3 Å². The maximum atomic E-state index is 12.2. The molecule has 0 atom stereocenters. The molecule has 1 amide bonds. The number of unbranched alkanes of at least 4 members (excludes halogenated alkanes) is 2. The topological polar surface area (TPSA) is 40.5 Å². The van der Waals surface area contributed by atoms with Crippen LogP contribution in [-0.2, 0) is 5.75 Å². The van der Waals surface area contributed by atoms with Crippen molar-refractivity contribution in [2.75, 3.05) is 26.5 Å². The molecular formula is C15H23NO2S. The summed E-state index contributed by atoms with van der Waals surface area (Å²) in [6.45, 7) is 0.972. The molecule has 1 N–H and O–H groups in total. The number of amides is 1. The first-order chi connectivity index (χ1) is 9.19. The first kappa shape index (κ1) is 16.1. The highest BCUT2D eigenvalue weighted by Gasteiger charge is 2.11. The Morgan fingerprint density at radius 2 is 2.11 bits per heavy atom. The van der Waals surface area contributed by atoms with E-state index in [0.717, 1.165) is 37.1 Å². The van der Waals surface area contributed by atoms with Crippen molar-refractivity contribution in [1.29, 1.82) is 0 Å². The predicted octanol–water partition coefficient (Wildman–Crippen LogP) is 2.78. The molecule has 4 heteroatoms. The largest absolute Gasteiger partial charge is 0.396 e. The van der Waals surface area contributed by atoms with Gasteiger partial charge in [0.2, 0.25) is 0 Å². The van der Waals surface area contributed by atoms with Crippen LogP contribution in [-0.4, -0.2) is 42.4 Å². The van der Waals surface area contributed by atoms with Gasteiger partial charge in [0.25, 0.3) is 5.91 Å². The molecule has 0 aliphatic heterocycles. The van der Waals surface area contributed by atoms with Crippen molar-refractivity contribution in [3.63, 3.8) is 0 Å². The lowest BCUT2D eigenvalue weighted by molar-refractivity contribution is 0.0792. The normalized spacial score (nSPS) is 10.5. The van der Waals surface area contributed by atoms with Crippen LogP contribution in [0.25, 0.3) is 0 Å². The lowest BCUT2D eigenvalue weighted by atomic mass is 10.1. The Bertz CT molecular complexity index is 395. The number of carbonyl (C=O) groups excluding carboxylic acids is 1. The van der Waals surface area contributed by atoms with Gasteiger partial charge in [0.1, 0.15) is 0 Å². The fourth-order valence-electron chi connectivity index (χ4n) is 1.92. The smallest absolute Gasteiger partial charge is 0.253 e. The van der Waals surface area contributed by atoms with Crippen molar-refractivity contribution in [3.8, 4) is 0 Å². The molecule has 0 aliphatic carbocycles. The van der Waals surface area contributed by atoms with Crippen LogP contribution >= 0.6 is 11.8 Å². The van der Waals surface area contributed by atoms with Gasteiger partial charge in [-0.1, -0.05) is 12.1 Å². The number of nitrogens with zero attached hydrogens (tertiary/aromatic N) is 1. The van der Waals surface area contributed by atoms with E-state index in [0.29, 0.717) is 0 Å². The van der Waals surface area contributed by atoms with Gasteiger partial charge in [0.05, 0.1) is 0 Å². The zero-order chi connectivity index (χ0) is 14.1. The molecule has 0 saturated heterocycles. The highest BCUT2D eigenvalue weighted by atomic mass is 32.2. The lowest BCUT2D eigenvalue weighted by Gasteiger charge is -2.17. The molecule has 0 spiro atoms. The molecule has 0 radical (unpaired) electrons. The molecule has 0 saturated carbocycles. The Balaban J connectivity index is 2.53. The minimum Gasteiger partial charge on any atom is -0.396 e. The van der Waals surface area contributed by atoms with E-state index in [1.54, 1.807) is 16.7 Å². The molecule has 0 bridgehead atoms. The van der Waals surface area contributed by atoms with Crippen LogP contribution in [0, 0.1) is 0 Å². The van der Waals surface area contributed by atoms with Gasteiger partial charge in [0.15, 0.2) is 0 Å². The zero-order valence-electron chi connectivity index (χ0n) is 11.8. The monoisotopic (exact) mass is 281 g/mol. The standard InChI is InChI=1S/C15H23NO2S/c1-16(9-4-3-5-10-17)15(18)14-8-6-7-13(11-14)12-19-2/h6-8,11,17H,3-5,9-10,12H2,1-2H3. The first-order valence-corrected chi connectivity index (χ1v) is 8.02. The van der Waals surface area contributed by atoms with Crippen LogP contribution in [0.5, 0.6) is 0 Å². The maximum absolute atomic E-state index is 12.2. The Labute approximate surface area is 120 Å². The summed E-state index contributed by atoms with van der Waals surface area (Å²) in [6.07, 6.45) is 4.76. The second-order valence-corrected chi connectivity index (χ2v) is 5.51. The quantitative estimate of drug-likeness (QED) is 0.745. The van der Waals surface area contributed by atoms with Gasteiger partial charge >= 0.3 is 0 Å². The Morgan fingerprint density at radius 3 is 2.79 bits per heavy atom. The van der Waals surface area contributed by atoms with Crippen LogP contribution in [0.15, 0.2) is 24.3 Å². The third-order valence-corrected chi connectivity index (χ3v) is 3.61. The molecule has 0 fully saturated rings. The summed E-state index contributed by atoms with van der Waals surface area (Å²) in [6, 6.07) is 7.84. The van der Waals surface area contributed by atoms with E-state index in [4.69, 9.17) is 5.11 Å². The highest BCUT2D eigenvalue weighted by molar-refractivity contribution is 7.97. The SMILES string of the molecule is CSCc1cccc(C(=O)N(C)CCCCCO)c1. The molecule has 0 aliphatic rings. The van der Waals surface area contributed by atoms with E-state index in [9.17, 15) is 4.79 Å². The van der Waals surface area contributed by atoms with E-state index in [1.165, 1.54) is 5.56 Å². The molecule has 0 unspecified atom stereocenters. The molecule has 0 heterocycles. The summed E-state index contributed by atoms with van der Waals surface area (Å²) in [5.74, 6) is 1.01. The predicted molar refractivity (Wildman–Crippen MR) is 81.6 cm³/mol. The van der Waals surface area contributed by atoms with Crippen LogP contribution in [0.2, 0.25) is 0 Å². The molecule has 19 heavy (non-hydrogen) atoms. The van der Waals surface area contributed by atoms with Crippen molar-refractivity contribution in [3.05, 3.63) is 35.4 Å². The molecule has 106 valence electrons. The van der Waals surface area contributed by atoms with Crippen molar-refractivity contribution in [2.45, 2.75) is 25.0 Å². The molecule has 0 aromatic heterocycles. The van der Waals surface area contributed by atoms with Crippen LogP contribution in [0.3, 0.4) is 0 Å². The van der Waals surface area contributed by atoms with Gasteiger partial charge in [-0.3, -0.25) is 4.79 Å². The first-order valence-electron chi connectivity index (χ1n) is 6.63. The summed E-state index contributed by atoms with van der Waals surface area (Å²) in [5.41, 5.74) is 1.95. The Kier molecular flexibility index (Phi) is 7.60. The lowest BCUT2D eigenvalue weighted by Crippen LogP contribution is -2.27. The summed E-state index contributed by atoms with van der Waals surface area (Å²) in [4.78, 5) is 14.0. The second kappa shape index (κ2) is 8.99. The van der Waals surface area contributed by atoms with Gasteiger partial charge < -0.3 is 10.0 Å². The van der Waals surface area contributed by atoms with Gasteiger partial charge in [-0.15, -0.1) is 0 Å². The van der Waals surface area contributed by atoms with Crippen molar-refractivity contribution in [2.24, 2.45) is 0 Å². The maximum Gasteiger partial charge on any atom is 0.253 e. The molecular weight excluding hydrogens is 258 g/mol. The molecule has 1 aromatic rings. The number of carbonyl (C=O) groups is 1. The second-order valence-electron chi connectivity index (χ2n) is 4.64. The number of hydrogen-bond donors (Lipinski definition) is 1. The van der Waals surface area contributed by atoms with Crippen LogP contribution < -0.4 is 0 Å². The van der Waals surface area contributed by atoms with Gasteiger partial charge in [-0.25, -0.2) is 0 Å². The van der Waals surface area contributed by atoms with Crippen molar-refractivity contribution >= 4 is 17.7 Å². The van der Waals surface area contributed by atoms with E-state index in [1.807, 2.05) is 25.2 Å². The average Bonchev–Trinajstić information content (AvgIpc) is 2.43. The summed E-state index contributed by atoms with van der Waals surface area (Å²) < 4.78 is 0. The molecule has 3 nitrogen and oxygen atoms in total. The fraction of sp³-hybridized carbons (Fsp3) is 0.533. The number of aliphatic hydroxyl groups is 1. The van der Waals surface area contributed by atoms with Gasteiger partial charge in [0, 0.05) is 31.5 Å². The minimum absolute atomic E-state index is 0.0759. The third-order valence-electron chi connectivity index (χ3n) is 2.98. The number of aliphatic hydroxyl groups excluding tert-OH is 1. The number of hydrogen-bond acceptors (Lipinski definition) is 3. The fourth-order valence-corrected chi connectivity index (χ4v) is 2.43. The van der Waals surface area contributed by atoms with Crippen LogP contribution in [0.4, 0.5) is 0 Å². The van der Waals surface area contributed by atoms with Gasteiger partial charge in [-0.05, 0) is 43.2 Å². The summed E-state index contributed by atoms with van der Waals surface area (Å²) in [5, 5.41) is 8.72. The zero-order valence-corrected chi connectivity index (χ0v) is 12.6. The van der Waals surface area contributed by atoms with E-state index in [-0.39, 0.29) is 12.5 Å². The summed E-state index contributed by atoms with van der Waals surface area (Å²) in [7, 11) is 1.84. The minimum atomic E-state index is 0.0759. The highest BCUT2D eigenvalue weighted by Crippen LogP contribution is 2.13.